The van der Waals surface area contributed by atoms with E-state index in [1.807, 2.05) is 33.8 Å². The second-order valence-corrected chi connectivity index (χ2v) is 5.63. The van der Waals surface area contributed by atoms with Crippen LogP contribution in [0.3, 0.4) is 0 Å². The molecular weight excluding hydrogens is 274 g/mol. The van der Waals surface area contributed by atoms with E-state index in [0.717, 1.165) is 22.8 Å². The summed E-state index contributed by atoms with van der Waals surface area (Å²) in [5, 5.41) is 5.11. The molecule has 3 aromatic heterocycles. The smallest absolute Gasteiger partial charge is 0.253 e. The molecule has 0 fully saturated rings. The largest absolute Gasteiger partial charge is 0.445 e. The number of hydrogen-bond acceptors (Lipinski definition) is 6. The predicted molar refractivity (Wildman–Crippen MR) is 75.8 cm³/mol. The van der Waals surface area contributed by atoms with Gasteiger partial charge in [0.1, 0.15) is 5.76 Å². The highest BCUT2D eigenvalue weighted by molar-refractivity contribution is 7.98. The second-order valence-electron chi connectivity index (χ2n) is 4.68. The van der Waals surface area contributed by atoms with Gasteiger partial charge in [-0.1, -0.05) is 11.8 Å². The number of oxazole rings is 1. The maximum atomic E-state index is 5.54. The van der Waals surface area contributed by atoms with Crippen molar-refractivity contribution >= 4 is 17.5 Å². The van der Waals surface area contributed by atoms with Crippen LogP contribution in [0.4, 0.5) is 0 Å². The summed E-state index contributed by atoms with van der Waals surface area (Å²) in [6, 6.07) is 1.98. The van der Waals surface area contributed by atoms with Crippen LogP contribution in [0.1, 0.15) is 28.7 Å². The lowest BCUT2D eigenvalue weighted by Gasteiger charge is -1.97. The molecule has 3 rings (SSSR count). The second kappa shape index (κ2) is 4.90. The third kappa shape index (κ3) is 2.40. The summed E-state index contributed by atoms with van der Waals surface area (Å²) >= 11 is 1.50. The number of rotatable bonds is 3. The summed E-state index contributed by atoms with van der Waals surface area (Å²) in [4.78, 5) is 13.1. The van der Waals surface area contributed by atoms with Crippen LogP contribution in [-0.2, 0) is 5.75 Å². The van der Waals surface area contributed by atoms with Crippen LogP contribution in [-0.4, -0.2) is 24.6 Å². The Hall–Kier alpha value is -1.89. The molecule has 0 atom stereocenters. The summed E-state index contributed by atoms with van der Waals surface area (Å²) in [6.45, 7) is 7.79. The Balaban J connectivity index is 1.82. The van der Waals surface area contributed by atoms with Crippen LogP contribution >= 0.6 is 11.8 Å². The molecule has 0 bridgehead atoms. The van der Waals surface area contributed by atoms with Gasteiger partial charge in [0.25, 0.3) is 5.78 Å². The molecule has 0 saturated heterocycles. The van der Waals surface area contributed by atoms with E-state index in [4.69, 9.17) is 4.42 Å². The zero-order valence-electron chi connectivity index (χ0n) is 11.8. The summed E-state index contributed by atoms with van der Waals surface area (Å²) < 4.78 is 7.29. The number of aromatic nitrogens is 5. The first-order valence-electron chi connectivity index (χ1n) is 6.29. The van der Waals surface area contributed by atoms with E-state index in [1.165, 1.54) is 11.8 Å². The first-order valence-corrected chi connectivity index (χ1v) is 7.28. The van der Waals surface area contributed by atoms with Crippen LogP contribution < -0.4 is 0 Å². The monoisotopic (exact) mass is 289 g/mol. The van der Waals surface area contributed by atoms with Crippen molar-refractivity contribution in [3.63, 3.8) is 0 Å². The zero-order valence-corrected chi connectivity index (χ0v) is 12.7. The Morgan fingerprint density at radius 3 is 2.65 bits per heavy atom. The average molecular weight is 289 g/mol. The Kier molecular flexibility index (Phi) is 3.21. The molecule has 0 aliphatic heterocycles. The molecular formula is C13H15N5OS. The average Bonchev–Trinajstić information content (AvgIpc) is 2.91. The van der Waals surface area contributed by atoms with Crippen molar-refractivity contribution in [1.82, 2.24) is 24.6 Å². The lowest BCUT2D eigenvalue weighted by atomic mass is 10.4. The Labute approximate surface area is 120 Å². The van der Waals surface area contributed by atoms with Crippen molar-refractivity contribution in [1.29, 1.82) is 0 Å². The molecule has 0 N–H and O–H groups in total. The molecule has 6 nitrogen and oxygen atoms in total. The molecule has 0 aromatic carbocycles. The summed E-state index contributed by atoms with van der Waals surface area (Å²) in [6.07, 6.45) is 0. The number of aryl methyl sites for hydroxylation is 4. The molecule has 7 heteroatoms. The molecule has 3 aromatic rings. The highest BCUT2D eigenvalue weighted by Crippen LogP contribution is 2.21. The van der Waals surface area contributed by atoms with E-state index < -0.39 is 0 Å². The van der Waals surface area contributed by atoms with Crippen LogP contribution in [0, 0.1) is 27.7 Å². The van der Waals surface area contributed by atoms with Crippen molar-refractivity contribution < 1.29 is 4.42 Å². The maximum Gasteiger partial charge on any atom is 0.253 e. The van der Waals surface area contributed by atoms with Crippen molar-refractivity contribution in [3.8, 4) is 0 Å². The highest BCUT2D eigenvalue weighted by atomic mass is 32.2. The normalized spacial score (nSPS) is 11.4. The zero-order chi connectivity index (χ0) is 14.3. The fraction of sp³-hybridized carbons (Fsp3) is 0.385. The first kappa shape index (κ1) is 13.1. The van der Waals surface area contributed by atoms with Crippen LogP contribution in [0.25, 0.3) is 5.78 Å². The van der Waals surface area contributed by atoms with Gasteiger partial charge in [-0.3, -0.25) is 0 Å². The topological polar surface area (TPSA) is 69.1 Å². The molecule has 0 spiro atoms. The van der Waals surface area contributed by atoms with Crippen molar-refractivity contribution in [3.05, 3.63) is 34.8 Å². The van der Waals surface area contributed by atoms with E-state index in [-0.39, 0.29) is 0 Å². The Bertz CT molecular complexity index is 757. The standard InChI is InChI=1S/C13H15N5OS/c1-7-5-8(2)18-12(14-7)16-13(17-18)20-6-11-15-9(3)10(4)19-11/h5H,6H2,1-4H3. The first-order chi connectivity index (χ1) is 9.52. The van der Waals surface area contributed by atoms with Gasteiger partial charge >= 0.3 is 0 Å². The van der Waals surface area contributed by atoms with Gasteiger partial charge in [-0.2, -0.15) is 4.98 Å². The fourth-order valence-corrected chi connectivity index (χ4v) is 2.60. The summed E-state index contributed by atoms with van der Waals surface area (Å²) in [5.74, 6) is 2.80. The number of hydrogen-bond donors (Lipinski definition) is 0. The highest BCUT2D eigenvalue weighted by Gasteiger charge is 2.11. The molecule has 0 aliphatic carbocycles. The van der Waals surface area contributed by atoms with Gasteiger partial charge in [0.2, 0.25) is 11.0 Å². The van der Waals surface area contributed by atoms with Gasteiger partial charge < -0.3 is 4.42 Å². The molecule has 0 unspecified atom stereocenters. The van der Waals surface area contributed by atoms with Crippen molar-refractivity contribution in [2.45, 2.75) is 38.6 Å². The summed E-state index contributed by atoms with van der Waals surface area (Å²) in [7, 11) is 0. The van der Waals surface area contributed by atoms with Crippen molar-refractivity contribution in [2.75, 3.05) is 0 Å². The van der Waals surface area contributed by atoms with Crippen LogP contribution in [0.5, 0.6) is 0 Å². The van der Waals surface area contributed by atoms with Crippen LogP contribution in [0.15, 0.2) is 15.6 Å². The predicted octanol–water partition coefficient (Wildman–Crippen LogP) is 2.64. The Morgan fingerprint density at radius 1 is 1.15 bits per heavy atom. The van der Waals surface area contributed by atoms with Gasteiger partial charge in [-0.05, 0) is 33.8 Å². The van der Waals surface area contributed by atoms with E-state index >= 15 is 0 Å². The van der Waals surface area contributed by atoms with Crippen molar-refractivity contribution in [2.24, 2.45) is 0 Å². The molecule has 104 valence electrons. The molecule has 0 saturated carbocycles. The molecule has 0 amide bonds. The SMILES string of the molecule is Cc1cc(C)n2nc(SCc3nc(C)c(C)o3)nc2n1. The molecule has 0 radical (unpaired) electrons. The van der Waals surface area contributed by atoms with E-state index in [0.29, 0.717) is 22.6 Å². The lowest BCUT2D eigenvalue weighted by molar-refractivity contribution is 0.489. The van der Waals surface area contributed by atoms with Gasteiger partial charge in [-0.15, -0.1) is 5.10 Å². The third-order valence-corrected chi connectivity index (χ3v) is 3.82. The number of fused-ring (bicyclic) bond motifs is 1. The molecule has 3 heterocycles. The lowest BCUT2D eigenvalue weighted by Crippen LogP contribution is -1.97. The van der Waals surface area contributed by atoms with E-state index in [9.17, 15) is 0 Å². The van der Waals surface area contributed by atoms with Gasteiger partial charge in [0.05, 0.1) is 11.4 Å². The van der Waals surface area contributed by atoms with E-state index in [1.54, 1.807) is 4.52 Å². The molecule has 20 heavy (non-hydrogen) atoms. The molecule has 0 aliphatic rings. The quantitative estimate of drug-likeness (QED) is 0.690. The summed E-state index contributed by atoms with van der Waals surface area (Å²) in [5.41, 5.74) is 2.89. The minimum Gasteiger partial charge on any atom is -0.445 e. The Morgan fingerprint density at radius 2 is 1.95 bits per heavy atom. The minimum absolute atomic E-state index is 0.615. The van der Waals surface area contributed by atoms with Gasteiger partial charge in [0.15, 0.2) is 0 Å². The fourth-order valence-electron chi connectivity index (χ4n) is 1.94. The van der Waals surface area contributed by atoms with Gasteiger partial charge in [-0.25, -0.2) is 14.5 Å². The third-order valence-electron chi connectivity index (χ3n) is 3.00. The number of thioether (sulfide) groups is 1. The number of nitrogens with zero attached hydrogens (tertiary/aromatic N) is 5. The van der Waals surface area contributed by atoms with Crippen LogP contribution in [0.2, 0.25) is 0 Å². The minimum atomic E-state index is 0.615. The van der Waals surface area contributed by atoms with E-state index in [2.05, 4.69) is 20.1 Å². The van der Waals surface area contributed by atoms with Gasteiger partial charge in [0, 0.05) is 11.4 Å². The maximum absolute atomic E-state index is 5.54.